The molecule has 202 valence electrons. The summed E-state index contributed by atoms with van der Waals surface area (Å²) in [6.45, 7) is 5.70. The van der Waals surface area contributed by atoms with Crippen LogP contribution in [0.4, 0.5) is 0 Å². The third-order valence-corrected chi connectivity index (χ3v) is 10.8. The minimum absolute atomic E-state index is 0.00807. The Labute approximate surface area is 213 Å². The molecule has 2 heterocycles. The van der Waals surface area contributed by atoms with Crippen LogP contribution in [0.2, 0.25) is 0 Å². The van der Waals surface area contributed by atoms with Crippen LogP contribution in [0.5, 0.6) is 0 Å². The van der Waals surface area contributed by atoms with E-state index in [9.17, 15) is 27.9 Å². The van der Waals surface area contributed by atoms with E-state index in [0.717, 1.165) is 25.7 Å². The monoisotopic (exact) mass is 524 g/mol. The molecule has 0 spiro atoms. The van der Waals surface area contributed by atoms with Crippen LogP contribution in [0.3, 0.4) is 0 Å². The largest absolute Gasteiger partial charge is 0.391 e. The minimum Gasteiger partial charge on any atom is -0.391 e. The summed E-state index contributed by atoms with van der Waals surface area (Å²) in [4.78, 5) is 41.5. The highest BCUT2D eigenvalue weighted by Crippen LogP contribution is 2.47. The number of rotatable bonds is 4. The molecule has 2 aliphatic heterocycles. The van der Waals surface area contributed by atoms with Crippen molar-refractivity contribution in [2.75, 3.05) is 6.54 Å². The lowest BCUT2D eigenvalue weighted by molar-refractivity contribution is -0.141. The molecule has 0 radical (unpaired) electrons. The van der Waals surface area contributed by atoms with Gasteiger partial charge in [0.2, 0.25) is 21.8 Å². The molecule has 0 unspecified atom stereocenters. The maximum atomic E-state index is 13.4. The Morgan fingerprint density at radius 2 is 2.00 bits per heavy atom. The number of aliphatic hydroxyl groups is 1. The number of amides is 3. The Hall–Kier alpha value is -1.98. The van der Waals surface area contributed by atoms with Gasteiger partial charge in [-0.1, -0.05) is 32.4 Å². The lowest BCUT2D eigenvalue weighted by Gasteiger charge is -2.31. The number of nitrogens with two attached hydrogens (primary N) is 1. The quantitative estimate of drug-likeness (QED) is 0.391. The van der Waals surface area contributed by atoms with Gasteiger partial charge in [0, 0.05) is 18.9 Å². The number of sulfonamides is 1. The molecular weight excluding hydrogens is 484 g/mol. The molecule has 11 heteroatoms. The first kappa shape index (κ1) is 27.1. The Kier molecular flexibility index (Phi) is 7.31. The van der Waals surface area contributed by atoms with Crippen molar-refractivity contribution in [1.29, 1.82) is 0 Å². The van der Waals surface area contributed by atoms with E-state index in [1.54, 1.807) is 6.92 Å². The number of carbonyl (C=O) groups is 3. The maximum Gasteiger partial charge on any atom is 0.259 e. The van der Waals surface area contributed by atoms with E-state index in [2.05, 4.69) is 17.0 Å². The summed E-state index contributed by atoms with van der Waals surface area (Å²) in [5.74, 6) is -1.80. The van der Waals surface area contributed by atoms with Gasteiger partial charge in [-0.3, -0.25) is 19.1 Å². The Morgan fingerprint density at radius 3 is 2.64 bits per heavy atom. The van der Waals surface area contributed by atoms with Crippen LogP contribution in [0.1, 0.15) is 72.1 Å². The summed E-state index contributed by atoms with van der Waals surface area (Å²) in [6, 6.07) is -1.78. The molecule has 0 bridgehead atoms. The smallest absolute Gasteiger partial charge is 0.259 e. The fourth-order valence-corrected chi connectivity index (χ4v) is 6.92. The zero-order valence-corrected chi connectivity index (χ0v) is 22.2. The average molecular weight is 525 g/mol. The van der Waals surface area contributed by atoms with Crippen molar-refractivity contribution < 1.29 is 27.9 Å². The fraction of sp³-hybridized carbons (Fsp3) is 0.800. The Bertz CT molecular complexity index is 1040. The minimum atomic E-state index is -3.88. The van der Waals surface area contributed by atoms with Crippen LogP contribution < -0.4 is 15.8 Å². The number of hydrogen-bond acceptors (Lipinski definition) is 7. The van der Waals surface area contributed by atoms with Crippen molar-refractivity contribution in [2.24, 2.45) is 23.5 Å². The molecule has 3 fully saturated rings. The van der Waals surface area contributed by atoms with E-state index in [1.807, 2.05) is 19.1 Å². The lowest BCUT2D eigenvalue weighted by atomic mass is 9.85. The number of hydrogen-bond donors (Lipinski definition) is 4. The van der Waals surface area contributed by atoms with Crippen molar-refractivity contribution in [1.82, 2.24) is 14.9 Å². The van der Waals surface area contributed by atoms with Crippen LogP contribution in [-0.2, 0) is 24.4 Å². The molecule has 4 rings (SSSR count). The third-order valence-electron chi connectivity index (χ3n) is 8.68. The molecule has 7 atom stereocenters. The fourth-order valence-electron chi connectivity index (χ4n) is 5.61. The molecule has 0 aromatic carbocycles. The van der Waals surface area contributed by atoms with Crippen molar-refractivity contribution in [2.45, 2.75) is 101 Å². The van der Waals surface area contributed by atoms with Gasteiger partial charge < -0.3 is 21.1 Å². The predicted octanol–water partition coefficient (Wildman–Crippen LogP) is 0.551. The van der Waals surface area contributed by atoms with Gasteiger partial charge in [0.25, 0.3) is 5.91 Å². The van der Waals surface area contributed by atoms with Gasteiger partial charge in [0.15, 0.2) is 0 Å². The molecule has 4 aliphatic rings. The second kappa shape index (κ2) is 9.72. The van der Waals surface area contributed by atoms with Gasteiger partial charge in [0.1, 0.15) is 11.6 Å². The van der Waals surface area contributed by atoms with E-state index in [0.29, 0.717) is 18.8 Å². The van der Waals surface area contributed by atoms with Crippen LogP contribution in [0, 0.1) is 17.8 Å². The molecule has 0 aromatic rings. The number of aliphatic hydroxyl groups excluding tert-OH is 1. The number of carbonyl (C=O) groups excluding carboxylic acids is 3. The topological polar surface area (TPSA) is 159 Å². The summed E-state index contributed by atoms with van der Waals surface area (Å²) < 4.78 is 26.7. The average Bonchev–Trinajstić information content (AvgIpc) is 3.69. The first-order valence-corrected chi connectivity index (χ1v) is 14.6. The second-order valence-electron chi connectivity index (χ2n) is 11.6. The highest BCUT2D eigenvalue weighted by Gasteiger charge is 2.63. The van der Waals surface area contributed by atoms with Gasteiger partial charge in [-0.2, -0.15) is 0 Å². The lowest BCUT2D eigenvalue weighted by Crippen LogP contribution is -2.58. The second-order valence-corrected chi connectivity index (χ2v) is 13.8. The molecule has 36 heavy (non-hydrogen) atoms. The van der Waals surface area contributed by atoms with E-state index in [-0.39, 0.29) is 37.1 Å². The molecule has 3 amide bonds. The van der Waals surface area contributed by atoms with Crippen LogP contribution in [-0.4, -0.2) is 71.2 Å². The third kappa shape index (κ3) is 5.06. The van der Waals surface area contributed by atoms with E-state index >= 15 is 0 Å². The zero-order valence-electron chi connectivity index (χ0n) is 21.4. The van der Waals surface area contributed by atoms with Crippen molar-refractivity contribution in [3.05, 3.63) is 12.2 Å². The molecule has 2 aliphatic carbocycles. The van der Waals surface area contributed by atoms with Crippen molar-refractivity contribution in [3.63, 3.8) is 0 Å². The highest BCUT2D eigenvalue weighted by atomic mass is 32.2. The van der Waals surface area contributed by atoms with Crippen molar-refractivity contribution >= 4 is 27.7 Å². The maximum absolute atomic E-state index is 13.4. The van der Waals surface area contributed by atoms with Gasteiger partial charge in [-0.25, -0.2) is 8.42 Å². The van der Waals surface area contributed by atoms with Crippen molar-refractivity contribution in [3.8, 4) is 0 Å². The predicted molar refractivity (Wildman–Crippen MR) is 134 cm³/mol. The highest BCUT2D eigenvalue weighted by molar-refractivity contribution is 7.91. The van der Waals surface area contributed by atoms with E-state index in [1.165, 1.54) is 4.90 Å². The first-order valence-electron chi connectivity index (χ1n) is 13.1. The molecule has 5 N–H and O–H groups in total. The molecule has 1 saturated heterocycles. The standard InChI is InChI=1S/C25H40N4O6S/c1-4-16-11-15(2)7-5-6-8-17-13-25(17,23(33)28-36(34,35)24(3)9-10-24)27-21(31)19-12-18(30)14-29(19)22(32)20(16)26/h6,8,15-20,30H,4-5,7,9-14,26H2,1-3H3,(H,27,31)(H,28,33)/t15-,16-,17-,18-,19+,20+,25-/m1/s1. The molecule has 0 aromatic heterocycles. The van der Waals surface area contributed by atoms with Crippen LogP contribution in [0.25, 0.3) is 0 Å². The normalized spacial score (nSPS) is 38.8. The summed E-state index contributed by atoms with van der Waals surface area (Å²) in [6.07, 6.45) is 7.38. The van der Waals surface area contributed by atoms with Crippen LogP contribution >= 0.6 is 0 Å². The molecule has 2 saturated carbocycles. The summed E-state index contributed by atoms with van der Waals surface area (Å²) in [5, 5.41) is 13.1. The Balaban J connectivity index is 1.62. The van der Waals surface area contributed by atoms with Gasteiger partial charge in [-0.05, 0) is 57.3 Å². The summed E-state index contributed by atoms with van der Waals surface area (Å²) in [7, 11) is -3.88. The SMILES string of the molecule is CC[C@@H]1C[C@H](C)CCC=C[C@@H]2C[C@@]2(C(=O)NS(=O)(=O)C2(C)CC2)NC(=O)[C@@H]2C[C@@H](O)CN2C(=O)[C@H]1N. The first-order chi connectivity index (χ1) is 16.8. The van der Waals surface area contributed by atoms with Gasteiger partial charge >= 0.3 is 0 Å². The molecular formula is C25H40N4O6S. The number of allylic oxidation sites excluding steroid dienone is 1. The number of nitrogens with one attached hydrogen (secondary N) is 2. The number of fused-ring (bicyclic) bond motifs is 2. The van der Waals surface area contributed by atoms with E-state index in [4.69, 9.17) is 5.73 Å². The van der Waals surface area contributed by atoms with Gasteiger partial charge in [-0.15, -0.1) is 0 Å². The van der Waals surface area contributed by atoms with Gasteiger partial charge in [0.05, 0.1) is 16.9 Å². The van der Waals surface area contributed by atoms with E-state index < -0.39 is 50.3 Å². The zero-order chi connectivity index (χ0) is 26.5. The molecule has 10 nitrogen and oxygen atoms in total. The summed E-state index contributed by atoms with van der Waals surface area (Å²) in [5.41, 5.74) is 4.99. The Morgan fingerprint density at radius 1 is 1.31 bits per heavy atom. The summed E-state index contributed by atoms with van der Waals surface area (Å²) >= 11 is 0. The number of nitrogens with zero attached hydrogens (tertiary/aromatic N) is 1. The van der Waals surface area contributed by atoms with Crippen LogP contribution in [0.15, 0.2) is 12.2 Å².